The number of anilines is 1. The van der Waals surface area contributed by atoms with Gasteiger partial charge in [-0.3, -0.25) is 19.7 Å². The Hall–Kier alpha value is -2.11. The number of para-hydroxylation sites is 1. The molecule has 0 bridgehead atoms. The number of halogens is 2. The summed E-state index contributed by atoms with van der Waals surface area (Å²) >= 11 is 12.3. The largest absolute Gasteiger partial charge is 0.323 e. The Labute approximate surface area is 144 Å². The minimum atomic E-state index is -0.137. The van der Waals surface area contributed by atoms with Crippen LogP contribution in [0.3, 0.4) is 0 Å². The van der Waals surface area contributed by atoms with Crippen LogP contribution in [0.15, 0.2) is 41.5 Å². The summed E-state index contributed by atoms with van der Waals surface area (Å²) in [5, 5.41) is 4.01. The fourth-order valence-corrected chi connectivity index (χ4v) is 2.81. The van der Waals surface area contributed by atoms with Crippen molar-refractivity contribution >= 4 is 40.8 Å². The van der Waals surface area contributed by atoms with E-state index in [2.05, 4.69) is 15.3 Å². The molecule has 0 atom stereocenters. The number of carbonyl (C=O) groups excluding carboxylic acids is 1. The average Bonchev–Trinajstić information content (AvgIpc) is 2.98. The predicted molar refractivity (Wildman–Crippen MR) is 92.4 cm³/mol. The molecule has 0 aliphatic carbocycles. The van der Waals surface area contributed by atoms with Gasteiger partial charge in [0.1, 0.15) is 0 Å². The maximum Gasteiger partial charge on any atom is 0.260 e. The van der Waals surface area contributed by atoms with Crippen LogP contribution < -0.4 is 5.32 Å². The number of guanidine groups is 1. The molecule has 0 saturated heterocycles. The van der Waals surface area contributed by atoms with E-state index in [0.717, 1.165) is 5.69 Å². The van der Waals surface area contributed by atoms with Crippen LogP contribution in [-0.2, 0) is 0 Å². The van der Waals surface area contributed by atoms with Gasteiger partial charge in [-0.05, 0) is 31.2 Å². The Morgan fingerprint density at radius 3 is 2.70 bits per heavy atom. The molecule has 1 aromatic heterocycles. The SMILES string of the molecule is Cc1cc(C(=O)N2CCN=C2Nc2c(Cl)cccc2Cl)ccn1. The Morgan fingerprint density at radius 1 is 1.26 bits per heavy atom. The number of aromatic nitrogens is 1. The van der Waals surface area contributed by atoms with E-state index >= 15 is 0 Å². The summed E-state index contributed by atoms with van der Waals surface area (Å²) in [6.07, 6.45) is 1.62. The highest BCUT2D eigenvalue weighted by atomic mass is 35.5. The highest BCUT2D eigenvalue weighted by Gasteiger charge is 2.26. The smallest absolute Gasteiger partial charge is 0.260 e. The first-order valence-corrected chi connectivity index (χ1v) is 7.82. The van der Waals surface area contributed by atoms with Crippen LogP contribution in [0, 0.1) is 6.92 Å². The number of carbonyl (C=O) groups is 1. The average molecular weight is 349 g/mol. The monoisotopic (exact) mass is 348 g/mol. The quantitative estimate of drug-likeness (QED) is 0.901. The van der Waals surface area contributed by atoms with Crippen LogP contribution in [0.2, 0.25) is 10.0 Å². The van der Waals surface area contributed by atoms with Gasteiger partial charge in [-0.25, -0.2) is 0 Å². The second kappa shape index (κ2) is 6.56. The Balaban J connectivity index is 1.85. The van der Waals surface area contributed by atoms with Gasteiger partial charge in [-0.15, -0.1) is 0 Å². The topological polar surface area (TPSA) is 57.6 Å². The minimum absolute atomic E-state index is 0.137. The van der Waals surface area contributed by atoms with Crippen molar-refractivity contribution in [2.75, 3.05) is 18.4 Å². The highest BCUT2D eigenvalue weighted by molar-refractivity contribution is 6.40. The Bertz CT molecular complexity index is 771. The second-order valence-electron chi connectivity index (χ2n) is 5.07. The summed E-state index contributed by atoms with van der Waals surface area (Å²) in [5.41, 5.74) is 1.90. The van der Waals surface area contributed by atoms with E-state index in [1.54, 1.807) is 41.4 Å². The molecule has 118 valence electrons. The van der Waals surface area contributed by atoms with Gasteiger partial charge in [0.2, 0.25) is 5.96 Å². The molecule has 3 rings (SSSR count). The second-order valence-corrected chi connectivity index (χ2v) is 5.88. The molecule has 7 heteroatoms. The fourth-order valence-electron chi connectivity index (χ4n) is 2.32. The first kappa shape index (κ1) is 15.8. The third-order valence-electron chi connectivity index (χ3n) is 3.43. The van der Waals surface area contributed by atoms with E-state index in [-0.39, 0.29) is 5.91 Å². The van der Waals surface area contributed by atoms with Gasteiger partial charge in [0, 0.05) is 24.0 Å². The van der Waals surface area contributed by atoms with E-state index in [0.29, 0.717) is 40.3 Å². The van der Waals surface area contributed by atoms with Crippen molar-refractivity contribution in [2.45, 2.75) is 6.92 Å². The van der Waals surface area contributed by atoms with Gasteiger partial charge in [-0.1, -0.05) is 29.3 Å². The molecule has 1 amide bonds. The summed E-state index contributed by atoms with van der Waals surface area (Å²) < 4.78 is 0. The molecule has 0 unspecified atom stereocenters. The third-order valence-corrected chi connectivity index (χ3v) is 4.06. The summed E-state index contributed by atoms with van der Waals surface area (Å²) in [7, 11) is 0. The lowest BCUT2D eigenvalue weighted by Gasteiger charge is -2.20. The lowest BCUT2D eigenvalue weighted by Crippen LogP contribution is -2.38. The molecule has 1 aliphatic heterocycles. The Kier molecular flexibility index (Phi) is 4.50. The number of hydrogen-bond donors (Lipinski definition) is 1. The maximum absolute atomic E-state index is 12.7. The van der Waals surface area contributed by atoms with Crippen molar-refractivity contribution in [3.63, 3.8) is 0 Å². The number of aryl methyl sites for hydroxylation is 1. The van der Waals surface area contributed by atoms with Crippen LogP contribution in [0.25, 0.3) is 0 Å². The number of benzene rings is 1. The van der Waals surface area contributed by atoms with Crippen LogP contribution in [0.1, 0.15) is 16.1 Å². The first-order valence-electron chi connectivity index (χ1n) is 7.06. The normalized spacial score (nSPS) is 13.9. The molecule has 1 aromatic carbocycles. The van der Waals surface area contributed by atoms with E-state index < -0.39 is 0 Å². The van der Waals surface area contributed by atoms with Crippen LogP contribution in [-0.4, -0.2) is 34.8 Å². The first-order chi connectivity index (χ1) is 11.1. The zero-order chi connectivity index (χ0) is 16.4. The summed E-state index contributed by atoms with van der Waals surface area (Å²) in [4.78, 5) is 22.7. The lowest BCUT2D eigenvalue weighted by molar-refractivity contribution is 0.0857. The van der Waals surface area contributed by atoms with Gasteiger partial charge in [-0.2, -0.15) is 0 Å². The third kappa shape index (κ3) is 3.30. The predicted octanol–water partition coefficient (Wildman–Crippen LogP) is 3.62. The number of hydrogen-bond acceptors (Lipinski definition) is 4. The van der Waals surface area contributed by atoms with Crippen molar-refractivity contribution in [1.82, 2.24) is 9.88 Å². The minimum Gasteiger partial charge on any atom is -0.323 e. The maximum atomic E-state index is 12.7. The molecule has 1 aliphatic rings. The molecule has 2 aromatic rings. The van der Waals surface area contributed by atoms with Gasteiger partial charge >= 0.3 is 0 Å². The van der Waals surface area contributed by atoms with Gasteiger partial charge in [0.25, 0.3) is 5.91 Å². The Morgan fingerprint density at radius 2 is 2.00 bits per heavy atom. The zero-order valence-corrected chi connectivity index (χ0v) is 13.9. The van der Waals surface area contributed by atoms with Gasteiger partial charge < -0.3 is 5.32 Å². The van der Waals surface area contributed by atoms with E-state index in [1.165, 1.54) is 0 Å². The van der Waals surface area contributed by atoms with Crippen molar-refractivity contribution in [1.29, 1.82) is 0 Å². The number of aliphatic imine (C=N–C) groups is 1. The molecule has 5 nitrogen and oxygen atoms in total. The van der Waals surface area contributed by atoms with E-state index in [1.807, 2.05) is 6.92 Å². The molecule has 0 saturated carbocycles. The van der Waals surface area contributed by atoms with Crippen molar-refractivity contribution in [2.24, 2.45) is 4.99 Å². The van der Waals surface area contributed by atoms with Crippen molar-refractivity contribution < 1.29 is 4.79 Å². The van der Waals surface area contributed by atoms with Gasteiger partial charge in [0.15, 0.2) is 0 Å². The molecule has 0 fully saturated rings. The molecule has 0 radical (unpaired) electrons. The molecule has 2 heterocycles. The molecular formula is C16H14Cl2N4O. The zero-order valence-electron chi connectivity index (χ0n) is 12.4. The summed E-state index contributed by atoms with van der Waals surface area (Å²) in [5.74, 6) is 0.307. The van der Waals surface area contributed by atoms with Crippen molar-refractivity contribution in [3.8, 4) is 0 Å². The number of amides is 1. The number of nitrogens with zero attached hydrogens (tertiary/aromatic N) is 3. The van der Waals surface area contributed by atoms with Crippen LogP contribution in [0.4, 0.5) is 5.69 Å². The molecule has 23 heavy (non-hydrogen) atoms. The van der Waals surface area contributed by atoms with Crippen LogP contribution in [0.5, 0.6) is 0 Å². The lowest BCUT2D eigenvalue weighted by atomic mass is 10.2. The highest BCUT2D eigenvalue weighted by Crippen LogP contribution is 2.30. The summed E-state index contributed by atoms with van der Waals surface area (Å²) in [6.45, 7) is 2.88. The summed E-state index contributed by atoms with van der Waals surface area (Å²) in [6, 6.07) is 8.65. The van der Waals surface area contributed by atoms with Crippen molar-refractivity contribution in [3.05, 3.63) is 57.8 Å². The van der Waals surface area contributed by atoms with E-state index in [4.69, 9.17) is 23.2 Å². The number of rotatable bonds is 2. The number of pyridine rings is 1. The molecule has 0 spiro atoms. The van der Waals surface area contributed by atoms with Gasteiger partial charge in [0.05, 0.1) is 22.3 Å². The van der Waals surface area contributed by atoms with E-state index in [9.17, 15) is 4.79 Å². The fraction of sp³-hybridized carbons (Fsp3) is 0.188. The standard InChI is InChI=1S/C16H14Cl2N4O/c1-10-9-11(5-6-19-10)15(23)22-8-7-20-16(22)21-14-12(17)3-2-4-13(14)18/h2-6,9H,7-8H2,1H3,(H,20,21). The molecular weight excluding hydrogens is 335 g/mol. The van der Waals surface area contributed by atoms with Crippen LogP contribution >= 0.6 is 23.2 Å². The molecule has 1 N–H and O–H groups in total. The number of nitrogens with one attached hydrogen (secondary N) is 1.